The van der Waals surface area contributed by atoms with Crippen molar-refractivity contribution in [1.29, 1.82) is 0 Å². The summed E-state index contributed by atoms with van der Waals surface area (Å²) < 4.78 is 5.24. The van der Waals surface area contributed by atoms with E-state index in [9.17, 15) is 0 Å². The fourth-order valence-corrected chi connectivity index (χ4v) is 3.36. The summed E-state index contributed by atoms with van der Waals surface area (Å²) in [7, 11) is 1.69. The van der Waals surface area contributed by atoms with E-state index >= 15 is 0 Å². The largest absolute Gasteiger partial charge is 0.497 e. The molecule has 1 aliphatic rings. The molecule has 7 heteroatoms. The highest BCUT2D eigenvalue weighted by molar-refractivity contribution is 6.30. The minimum absolute atomic E-state index is 0.581. The van der Waals surface area contributed by atoms with Crippen molar-refractivity contribution >= 4 is 34.7 Å². The highest BCUT2D eigenvalue weighted by Gasteiger charge is 2.19. The molecule has 2 aromatic carbocycles. The normalized spacial score (nSPS) is 14.1. The highest BCUT2D eigenvalue weighted by atomic mass is 35.5. The van der Waals surface area contributed by atoms with Gasteiger partial charge in [-0.3, -0.25) is 0 Å². The molecule has 1 aliphatic heterocycles. The van der Waals surface area contributed by atoms with E-state index in [4.69, 9.17) is 16.3 Å². The van der Waals surface area contributed by atoms with Crippen LogP contribution in [0, 0.1) is 0 Å². The summed E-state index contributed by atoms with van der Waals surface area (Å²) in [5.41, 5.74) is 2.12. The van der Waals surface area contributed by atoms with Gasteiger partial charge >= 0.3 is 0 Å². The molecular formula is C21H22ClN5O. The van der Waals surface area contributed by atoms with E-state index in [1.807, 2.05) is 42.5 Å². The van der Waals surface area contributed by atoms with Gasteiger partial charge in [0.25, 0.3) is 0 Å². The zero-order valence-electron chi connectivity index (χ0n) is 15.7. The molecule has 144 valence electrons. The summed E-state index contributed by atoms with van der Waals surface area (Å²) in [5, 5.41) is 3.93. The first-order chi connectivity index (χ1) is 13.7. The molecule has 2 heterocycles. The van der Waals surface area contributed by atoms with Crippen molar-refractivity contribution in [3.63, 3.8) is 0 Å². The van der Waals surface area contributed by atoms with Gasteiger partial charge < -0.3 is 19.9 Å². The Kier molecular flexibility index (Phi) is 5.48. The molecule has 0 bridgehead atoms. The number of nitrogens with zero attached hydrogens (tertiary/aromatic N) is 4. The minimum atomic E-state index is 0.581. The van der Waals surface area contributed by atoms with Gasteiger partial charge in [0.2, 0.25) is 5.95 Å². The molecule has 1 saturated heterocycles. The predicted octanol–water partition coefficient (Wildman–Crippen LogP) is 4.21. The lowest BCUT2D eigenvalue weighted by atomic mass is 10.2. The topological polar surface area (TPSA) is 53.5 Å². The second-order valence-corrected chi connectivity index (χ2v) is 6.98. The molecule has 3 aromatic rings. The van der Waals surface area contributed by atoms with Gasteiger partial charge in [0, 0.05) is 48.8 Å². The third kappa shape index (κ3) is 4.28. The number of anilines is 4. The molecule has 0 aliphatic carbocycles. The highest BCUT2D eigenvalue weighted by Crippen LogP contribution is 2.23. The molecule has 28 heavy (non-hydrogen) atoms. The molecule has 0 saturated carbocycles. The first-order valence-corrected chi connectivity index (χ1v) is 9.59. The summed E-state index contributed by atoms with van der Waals surface area (Å²) in [4.78, 5) is 13.7. The van der Waals surface area contributed by atoms with Crippen LogP contribution in [0.3, 0.4) is 0 Å². The third-order valence-corrected chi connectivity index (χ3v) is 5.03. The molecule has 0 amide bonds. The van der Waals surface area contributed by atoms with E-state index in [2.05, 4.69) is 37.2 Å². The summed E-state index contributed by atoms with van der Waals surface area (Å²) >= 11 is 5.94. The number of methoxy groups -OCH3 is 1. The molecular weight excluding hydrogens is 374 g/mol. The summed E-state index contributed by atoms with van der Waals surface area (Å²) in [6.45, 7) is 3.69. The van der Waals surface area contributed by atoms with Crippen molar-refractivity contribution in [2.75, 3.05) is 48.4 Å². The Bertz CT molecular complexity index is 909. The smallest absolute Gasteiger partial charge is 0.229 e. The Balaban J connectivity index is 1.39. The first kappa shape index (κ1) is 18.4. The third-order valence-electron chi connectivity index (χ3n) is 4.78. The van der Waals surface area contributed by atoms with E-state index < -0.39 is 0 Å². The van der Waals surface area contributed by atoms with E-state index in [0.29, 0.717) is 11.0 Å². The maximum absolute atomic E-state index is 5.94. The fourth-order valence-electron chi connectivity index (χ4n) is 3.23. The van der Waals surface area contributed by atoms with Crippen LogP contribution in [0.2, 0.25) is 5.02 Å². The Morgan fingerprint density at radius 2 is 1.57 bits per heavy atom. The number of piperazine rings is 1. The number of hydrogen-bond donors (Lipinski definition) is 1. The first-order valence-electron chi connectivity index (χ1n) is 9.21. The molecule has 0 radical (unpaired) electrons. The zero-order valence-corrected chi connectivity index (χ0v) is 16.4. The quantitative estimate of drug-likeness (QED) is 0.698. The fraction of sp³-hybridized carbons (Fsp3) is 0.238. The monoisotopic (exact) mass is 395 g/mol. The minimum Gasteiger partial charge on any atom is -0.497 e. The van der Waals surface area contributed by atoms with Crippen molar-refractivity contribution < 1.29 is 4.74 Å². The average molecular weight is 396 g/mol. The van der Waals surface area contributed by atoms with Crippen LogP contribution in [-0.4, -0.2) is 43.3 Å². The van der Waals surface area contributed by atoms with E-state index in [1.165, 1.54) is 5.69 Å². The molecule has 6 nitrogen and oxygen atoms in total. The average Bonchev–Trinajstić information content (AvgIpc) is 2.76. The Labute approximate surface area is 169 Å². The number of benzene rings is 2. The van der Waals surface area contributed by atoms with Crippen molar-refractivity contribution in [2.24, 2.45) is 0 Å². The van der Waals surface area contributed by atoms with Gasteiger partial charge in [-0.15, -0.1) is 0 Å². The predicted molar refractivity (Wildman–Crippen MR) is 114 cm³/mol. The van der Waals surface area contributed by atoms with Gasteiger partial charge in [-0.05, 0) is 54.6 Å². The second-order valence-electron chi connectivity index (χ2n) is 6.54. The molecule has 0 unspecified atom stereocenters. The standard InChI is InChI=1S/C21H22ClN5O/c1-28-19-8-6-18(7-9-19)26-12-14-27(15-13-26)20-10-11-23-21(25-20)24-17-4-2-16(22)3-5-17/h2-11H,12-15H2,1H3,(H,23,24,25). The Hall–Kier alpha value is -2.99. The van der Waals surface area contributed by atoms with Gasteiger partial charge in [0.15, 0.2) is 0 Å². The summed E-state index contributed by atoms with van der Waals surface area (Å²) in [6, 6.07) is 17.7. The summed E-state index contributed by atoms with van der Waals surface area (Å²) in [6.07, 6.45) is 1.79. The summed E-state index contributed by atoms with van der Waals surface area (Å²) in [5.74, 6) is 2.39. The van der Waals surface area contributed by atoms with Crippen LogP contribution in [0.4, 0.5) is 23.1 Å². The number of rotatable bonds is 5. The maximum Gasteiger partial charge on any atom is 0.229 e. The molecule has 1 N–H and O–H groups in total. The number of ether oxygens (including phenoxy) is 1. The zero-order chi connectivity index (χ0) is 19.3. The van der Waals surface area contributed by atoms with E-state index in [1.54, 1.807) is 13.3 Å². The van der Waals surface area contributed by atoms with Crippen LogP contribution in [0.25, 0.3) is 0 Å². The number of aromatic nitrogens is 2. The van der Waals surface area contributed by atoms with Crippen LogP contribution < -0.4 is 19.9 Å². The number of hydrogen-bond acceptors (Lipinski definition) is 6. The van der Waals surface area contributed by atoms with Gasteiger partial charge in [0.05, 0.1) is 7.11 Å². The van der Waals surface area contributed by atoms with Crippen LogP contribution in [0.1, 0.15) is 0 Å². The van der Waals surface area contributed by atoms with Crippen LogP contribution >= 0.6 is 11.6 Å². The van der Waals surface area contributed by atoms with Crippen LogP contribution in [-0.2, 0) is 0 Å². The van der Waals surface area contributed by atoms with Crippen molar-refractivity contribution in [2.45, 2.75) is 0 Å². The van der Waals surface area contributed by atoms with Crippen molar-refractivity contribution in [3.05, 3.63) is 65.8 Å². The van der Waals surface area contributed by atoms with Gasteiger partial charge in [0.1, 0.15) is 11.6 Å². The lowest BCUT2D eigenvalue weighted by Crippen LogP contribution is -2.46. The number of nitrogens with one attached hydrogen (secondary N) is 1. The molecule has 1 fully saturated rings. The Morgan fingerprint density at radius 1 is 0.893 bits per heavy atom. The van der Waals surface area contributed by atoms with Crippen molar-refractivity contribution in [3.8, 4) is 5.75 Å². The number of halogens is 1. The van der Waals surface area contributed by atoms with E-state index in [0.717, 1.165) is 43.4 Å². The van der Waals surface area contributed by atoms with Gasteiger partial charge in [-0.2, -0.15) is 4.98 Å². The molecule has 1 aromatic heterocycles. The Morgan fingerprint density at radius 3 is 2.25 bits per heavy atom. The van der Waals surface area contributed by atoms with E-state index in [-0.39, 0.29) is 0 Å². The second kappa shape index (κ2) is 8.35. The van der Waals surface area contributed by atoms with Crippen LogP contribution in [0.15, 0.2) is 60.8 Å². The lowest BCUT2D eigenvalue weighted by molar-refractivity contribution is 0.415. The maximum atomic E-state index is 5.94. The molecule has 0 spiro atoms. The van der Waals surface area contributed by atoms with Crippen LogP contribution in [0.5, 0.6) is 5.75 Å². The SMILES string of the molecule is COc1ccc(N2CCN(c3ccnc(Nc4ccc(Cl)cc4)n3)CC2)cc1. The molecule has 0 atom stereocenters. The van der Waals surface area contributed by atoms with Gasteiger partial charge in [-0.1, -0.05) is 11.6 Å². The van der Waals surface area contributed by atoms with Crippen molar-refractivity contribution in [1.82, 2.24) is 9.97 Å². The lowest BCUT2D eigenvalue weighted by Gasteiger charge is -2.36. The molecule has 4 rings (SSSR count). The van der Waals surface area contributed by atoms with Gasteiger partial charge in [-0.25, -0.2) is 4.98 Å².